The van der Waals surface area contributed by atoms with Gasteiger partial charge in [-0.3, -0.25) is 4.79 Å². The van der Waals surface area contributed by atoms with Crippen LogP contribution < -0.4 is 14.8 Å². The smallest absolute Gasteiger partial charge is 0.273 e. The highest BCUT2D eigenvalue weighted by molar-refractivity contribution is 5.93. The lowest BCUT2D eigenvalue weighted by atomic mass is 9.91. The Morgan fingerprint density at radius 1 is 0.912 bits per heavy atom. The van der Waals surface area contributed by atoms with Crippen molar-refractivity contribution in [3.05, 3.63) is 101 Å². The normalized spacial score (nSPS) is 11.6. The lowest BCUT2D eigenvalue weighted by Crippen LogP contribution is -2.30. The van der Waals surface area contributed by atoms with Crippen molar-refractivity contribution in [2.75, 3.05) is 20.8 Å². The number of hydrogen-bond acceptors (Lipinski definition) is 5. The van der Waals surface area contributed by atoms with Crippen LogP contribution in [0.1, 0.15) is 33.2 Å². The number of hydrogen-bond donors (Lipinski definition) is 1. The third kappa shape index (κ3) is 5.26. The largest absolute Gasteiger partial charge is 0.493 e. The average Bonchev–Trinajstić information content (AvgIpc) is 3.28. The fourth-order valence-corrected chi connectivity index (χ4v) is 3.88. The molecular weight excluding hydrogens is 428 g/mol. The van der Waals surface area contributed by atoms with Gasteiger partial charge in [0.05, 0.1) is 25.6 Å². The summed E-state index contributed by atoms with van der Waals surface area (Å²) in [4.78, 5) is 14.5. The number of benzene rings is 3. The summed E-state index contributed by atoms with van der Waals surface area (Å²) < 4.78 is 10.9. The van der Waals surface area contributed by atoms with Gasteiger partial charge in [0, 0.05) is 12.5 Å². The molecule has 0 unspecified atom stereocenters. The standard InChI is InChI=1S/C27H28N4O3/c1-19-26(30-31(29-19)23-12-8-5-9-13-23)27(32)28-18-22(16-20-10-6-4-7-11-20)21-14-15-24(33-2)25(17-21)34-3/h4-15,17,22H,16,18H2,1-3H3,(H,28,32)/t22-/m1/s1. The van der Waals surface area contributed by atoms with Crippen molar-refractivity contribution < 1.29 is 14.3 Å². The molecule has 0 bridgehead atoms. The minimum absolute atomic E-state index is 0.0237. The zero-order chi connectivity index (χ0) is 23.9. The minimum atomic E-state index is -0.252. The number of aromatic nitrogens is 3. The Bertz CT molecular complexity index is 1240. The lowest BCUT2D eigenvalue weighted by Gasteiger charge is -2.20. The Labute approximate surface area is 199 Å². The Balaban J connectivity index is 1.55. The number of amides is 1. The summed E-state index contributed by atoms with van der Waals surface area (Å²) in [6.07, 6.45) is 0.756. The Morgan fingerprint density at radius 3 is 2.26 bits per heavy atom. The van der Waals surface area contributed by atoms with E-state index in [-0.39, 0.29) is 11.8 Å². The van der Waals surface area contributed by atoms with E-state index in [0.717, 1.165) is 17.7 Å². The molecule has 1 heterocycles. The van der Waals surface area contributed by atoms with Gasteiger partial charge >= 0.3 is 0 Å². The van der Waals surface area contributed by atoms with E-state index in [1.807, 2.05) is 66.7 Å². The quantitative estimate of drug-likeness (QED) is 0.405. The van der Waals surface area contributed by atoms with Crippen LogP contribution in [0.4, 0.5) is 0 Å². The van der Waals surface area contributed by atoms with Gasteiger partial charge in [-0.2, -0.15) is 9.90 Å². The summed E-state index contributed by atoms with van der Waals surface area (Å²) in [5, 5.41) is 11.9. The molecular formula is C27H28N4O3. The van der Waals surface area contributed by atoms with Gasteiger partial charge in [-0.25, -0.2) is 0 Å². The van der Waals surface area contributed by atoms with Crippen molar-refractivity contribution in [2.45, 2.75) is 19.3 Å². The second-order valence-electron chi connectivity index (χ2n) is 7.97. The molecule has 0 spiro atoms. The highest BCUT2D eigenvalue weighted by Crippen LogP contribution is 2.32. The number of nitrogens with zero attached hydrogens (tertiary/aromatic N) is 3. The van der Waals surface area contributed by atoms with E-state index in [4.69, 9.17) is 9.47 Å². The molecule has 174 valence electrons. The van der Waals surface area contributed by atoms with Crippen molar-refractivity contribution in [2.24, 2.45) is 0 Å². The lowest BCUT2D eigenvalue weighted by molar-refractivity contribution is 0.0945. The monoisotopic (exact) mass is 456 g/mol. The molecule has 7 nitrogen and oxygen atoms in total. The van der Waals surface area contributed by atoms with Crippen LogP contribution >= 0.6 is 0 Å². The van der Waals surface area contributed by atoms with E-state index < -0.39 is 0 Å². The van der Waals surface area contributed by atoms with Crippen LogP contribution in [0.5, 0.6) is 11.5 Å². The van der Waals surface area contributed by atoms with E-state index in [9.17, 15) is 4.79 Å². The predicted molar refractivity (Wildman–Crippen MR) is 131 cm³/mol. The maximum absolute atomic E-state index is 13.1. The van der Waals surface area contributed by atoms with E-state index in [0.29, 0.717) is 29.4 Å². The van der Waals surface area contributed by atoms with Crippen LogP contribution in [0, 0.1) is 6.92 Å². The van der Waals surface area contributed by atoms with E-state index in [2.05, 4.69) is 27.6 Å². The van der Waals surface area contributed by atoms with E-state index in [1.54, 1.807) is 21.1 Å². The fraction of sp³-hybridized carbons (Fsp3) is 0.222. The molecule has 1 atom stereocenters. The fourth-order valence-electron chi connectivity index (χ4n) is 3.88. The van der Waals surface area contributed by atoms with Crippen LogP contribution in [0.15, 0.2) is 78.9 Å². The number of nitrogens with one attached hydrogen (secondary N) is 1. The molecule has 3 aromatic carbocycles. The molecule has 1 aromatic heterocycles. The molecule has 7 heteroatoms. The van der Waals surface area contributed by atoms with E-state index in [1.165, 1.54) is 10.4 Å². The average molecular weight is 457 g/mol. The first-order valence-electron chi connectivity index (χ1n) is 11.1. The number of aryl methyl sites for hydroxylation is 1. The summed E-state index contributed by atoms with van der Waals surface area (Å²) in [5.74, 6) is 1.10. The van der Waals surface area contributed by atoms with Crippen molar-refractivity contribution in [3.63, 3.8) is 0 Å². The molecule has 34 heavy (non-hydrogen) atoms. The van der Waals surface area contributed by atoms with Crippen molar-refractivity contribution in [1.82, 2.24) is 20.3 Å². The predicted octanol–water partition coefficient (Wildman–Crippen LogP) is 4.35. The van der Waals surface area contributed by atoms with Crippen molar-refractivity contribution in [3.8, 4) is 17.2 Å². The van der Waals surface area contributed by atoms with Crippen LogP contribution in [0.3, 0.4) is 0 Å². The van der Waals surface area contributed by atoms with Crippen LogP contribution in [-0.4, -0.2) is 41.7 Å². The van der Waals surface area contributed by atoms with Crippen LogP contribution in [0.2, 0.25) is 0 Å². The summed E-state index contributed by atoms with van der Waals surface area (Å²) in [6, 6.07) is 25.6. The van der Waals surface area contributed by atoms with Crippen molar-refractivity contribution in [1.29, 1.82) is 0 Å². The number of methoxy groups -OCH3 is 2. The van der Waals surface area contributed by atoms with Crippen LogP contribution in [-0.2, 0) is 6.42 Å². The summed E-state index contributed by atoms with van der Waals surface area (Å²) in [5.41, 5.74) is 3.92. The molecule has 0 aliphatic rings. The number of rotatable bonds is 9. The van der Waals surface area contributed by atoms with Gasteiger partial charge in [0.2, 0.25) is 0 Å². The molecule has 0 aliphatic carbocycles. The maximum atomic E-state index is 13.1. The van der Waals surface area contributed by atoms with E-state index >= 15 is 0 Å². The zero-order valence-electron chi connectivity index (χ0n) is 19.6. The van der Waals surface area contributed by atoms with Crippen molar-refractivity contribution >= 4 is 5.91 Å². The Hall–Kier alpha value is -4.13. The second-order valence-corrected chi connectivity index (χ2v) is 7.97. The molecule has 1 amide bonds. The number of para-hydroxylation sites is 1. The maximum Gasteiger partial charge on any atom is 0.273 e. The van der Waals surface area contributed by atoms with Crippen LogP contribution in [0.25, 0.3) is 5.69 Å². The minimum Gasteiger partial charge on any atom is -0.493 e. The molecule has 4 aromatic rings. The van der Waals surface area contributed by atoms with Gasteiger partial charge in [-0.05, 0) is 48.7 Å². The highest BCUT2D eigenvalue weighted by atomic mass is 16.5. The van der Waals surface area contributed by atoms with Gasteiger partial charge in [0.25, 0.3) is 5.91 Å². The first-order chi connectivity index (χ1) is 16.6. The molecule has 0 radical (unpaired) electrons. The summed E-state index contributed by atoms with van der Waals surface area (Å²) in [6.45, 7) is 2.22. The summed E-state index contributed by atoms with van der Waals surface area (Å²) >= 11 is 0. The third-order valence-corrected chi connectivity index (χ3v) is 5.70. The SMILES string of the molecule is COc1ccc([C@@H](CNC(=O)c2nn(-c3ccccc3)nc2C)Cc2ccccc2)cc1OC. The molecule has 0 saturated heterocycles. The number of carbonyl (C=O) groups is 1. The first-order valence-corrected chi connectivity index (χ1v) is 11.1. The molecule has 0 saturated carbocycles. The molecule has 0 aliphatic heterocycles. The third-order valence-electron chi connectivity index (χ3n) is 5.70. The zero-order valence-corrected chi connectivity index (χ0v) is 19.6. The van der Waals surface area contributed by atoms with Gasteiger partial charge in [-0.1, -0.05) is 54.6 Å². The van der Waals surface area contributed by atoms with Gasteiger partial charge in [-0.15, -0.1) is 5.10 Å². The number of carbonyl (C=O) groups excluding carboxylic acids is 1. The Kier molecular flexibility index (Phi) is 7.22. The van der Waals surface area contributed by atoms with Gasteiger partial charge < -0.3 is 14.8 Å². The Morgan fingerprint density at radius 2 is 1.59 bits per heavy atom. The topological polar surface area (TPSA) is 78.3 Å². The van der Waals surface area contributed by atoms with Gasteiger partial charge in [0.15, 0.2) is 17.2 Å². The second kappa shape index (κ2) is 10.7. The van der Waals surface area contributed by atoms with Gasteiger partial charge in [0.1, 0.15) is 0 Å². The first kappa shape index (κ1) is 23.0. The molecule has 4 rings (SSSR count). The number of ether oxygens (including phenoxy) is 2. The molecule has 0 fully saturated rings. The molecule has 1 N–H and O–H groups in total. The highest BCUT2D eigenvalue weighted by Gasteiger charge is 2.20. The summed E-state index contributed by atoms with van der Waals surface area (Å²) in [7, 11) is 3.23.